The molecular weight excluding hydrogens is 420 g/mol. The average molecular weight is 445 g/mol. The number of aryl methyl sites for hydroxylation is 3. The second-order valence-electron chi connectivity index (χ2n) is 6.60. The van der Waals surface area contributed by atoms with Gasteiger partial charge >= 0.3 is 5.97 Å². The van der Waals surface area contributed by atoms with E-state index in [4.69, 9.17) is 4.74 Å². The molecule has 30 heavy (non-hydrogen) atoms. The molecular formula is C21H24N4O3S2. The minimum Gasteiger partial charge on any atom is -0.462 e. The summed E-state index contributed by atoms with van der Waals surface area (Å²) < 4.78 is 6.97. The van der Waals surface area contributed by atoms with E-state index in [2.05, 4.69) is 27.6 Å². The van der Waals surface area contributed by atoms with Crippen LogP contribution in [-0.2, 0) is 29.4 Å². The molecule has 0 atom stereocenters. The number of benzene rings is 1. The molecule has 2 heterocycles. The molecule has 0 saturated heterocycles. The average Bonchev–Trinajstić information content (AvgIpc) is 3.27. The molecule has 0 bridgehead atoms. The number of rotatable bonds is 9. The predicted octanol–water partition coefficient (Wildman–Crippen LogP) is 3.88. The zero-order chi connectivity index (χ0) is 21.5. The van der Waals surface area contributed by atoms with E-state index < -0.39 is 5.97 Å². The number of ether oxygens (including phenoxy) is 1. The van der Waals surface area contributed by atoms with Gasteiger partial charge in [0.1, 0.15) is 10.8 Å². The molecule has 0 aliphatic heterocycles. The highest BCUT2D eigenvalue weighted by Crippen LogP contribution is 2.28. The van der Waals surface area contributed by atoms with E-state index in [1.54, 1.807) is 13.0 Å². The van der Waals surface area contributed by atoms with Crippen LogP contribution in [0.25, 0.3) is 0 Å². The molecule has 0 spiro atoms. The lowest BCUT2D eigenvalue weighted by molar-refractivity contribution is -0.113. The van der Waals surface area contributed by atoms with E-state index >= 15 is 0 Å². The van der Waals surface area contributed by atoms with Crippen LogP contribution in [0, 0.1) is 6.92 Å². The van der Waals surface area contributed by atoms with Crippen LogP contribution in [0.5, 0.6) is 0 Å². The number of anilines is 1. The first kappa shape index (κ1) is 22.0. The smallest absolute Gasteiger partial charge is 0.341 e. The van der Waals surface area contributed by atoms with Gasteiger partial charge in [-0.15, -0.1) is 21.5 Å². The normalized spacial score (nSPS) is 10.8. The first-order valence-electron chi connectivity index (χ1n) is 9.60. The van der Waals surface area contributed by atoms with E-state index in [1.807, 2.05) is 36.7 Å². The summed E-state index contributed by atoms with van der Waals surface area (Å²) in [4.78, 5) is 25.4. The van der Waals surface area contributed by atoms with Gasteiger partial charge in [-0.05, 0) is 31.9 Å². The molecule has 0 aliphatic rings. The zero-order valence-electron chi connectivity index (χ0n) is 17.2. The molecule has 7 nitrogen and oxygen atoms in total. The summed E-state index contributed by atoms with van der Waals surface area (Å²) in [7, 11) is 1.90. The topological polar surface area (TPSA) is 86.1 Å². The number of thioether (sulfide) groups is 1. The highest BCUT2D eigenvalue weighted by molar-refractivity contribution is 7.99. The maximum atomic E-state index is 12.4. The highest BCUT2D eigenvalue weighted by atomic mass is 32.2. The molecule has 0 saturated carbocycles. The monoisotopic (exact) mass is 444 g/mol. The molecule has 0 aliphatic carbocycles. The maximum Gasteiger partial charge on any atom is 0.341 e. The lowest BCUT2D eigenvalue weighted by atomic mass is 10.1. The van der Waals surface area contributed by atoms with Gasteiger partial charge in [-0.25, -0.2) is 4.79 Å². The van der Waals surface area contributed by atoms with Crippen molar-refractivity contribution in [3.05, 3.63) is 58.2 Å². The van der Waals surface area contributed by atoms with Crippen molar-refractivity contribution in [1.29, 1.82) is 0 Å². The van der Waals surface area contributed by atoms with E-state index in [9.17, 15) is 9.59 Å². The van der Waals surface area contributed by atoms with Crippen LogP contribution < -0.4 is 5.32 Å². The minimum atomic E-state index is -0.429. The summed E-state index contributed by atoms with van der Waals surface area (Å²) in [5.41, 5.74) is 1.64. The maximum absolute atomic E-state index is 12.4. The summed E-state index contributed by atoms with van der Waals surface area (Å²) in [5, 5.41) is 12.5. The Hall–Kier alpha value is -2.65. The third kappa shape index (κ3) is 5.70. The van der Waals surface area contributed by atoms with Crippen molar-refractivity contribution >= 4 is 40.0 Å². The summed E-state index contributed by atoms with van der Waals surface area (Å²) in [5.74, 6) is 0.409. The van der Waals surface area contributed by atoms with Crippen molar-refractivity contribution in [2.75, 3.05) is 17.7 Å². The number of nitrogens with zero attached hydrogens (tertiary/aromatic N) is 3. The molecule has 0 radical (unpaired) electrons. The SMILES string of the molecule is CCOC(=O)c1cc(C)sc1NC(=O)CSc1nnc(CCc2ccccc2)n1C. The van der Waals surface area contributed by atoms with Crippen molar-refractivity contribution in [3.8, 4) is 0 Å². The van der Waals surface area contributed by atoms with Crippen LogP contribution in [0.1, 0.15) is 33.5 Å². The molecule has 1 aromatic carbocycles. The molecule has 1 amide bonds. The Balaban J connectivity index is 1.55. The van der Waals surface area contributed by atoms with E-state index in [1.165, 1.54) is 28.7 Å². The summed E-state index contributed by atoms with van der Waals surface area (Å²) in [6, 6.07) is 12.0. The summed E-state index contributed by atoms with van der Waals surface area (Å²) in [6.07, 6.45) is 1.66. The molecule has 3 rings (SSSR count). The lowest BCUT2D eigenvalue weighted by Crippen LogP contribution is -2.16. The molecule has 3 aromatic rings. The molecule has 9 heteroatoms. The van der Waals surface area contributed by atoms with Crippen LogP contribution in [0.2, 0.25) is 0 Å². The van der Waals surface area contributed by atoms with Gasteiger partial charge in [-0.1, -0.05) is 42.1 Å². The number of aromatic nitrogens is 3. The first-order valence-corrected chi connectivity index (χ1v) is 11.4. The number of nitrogens with one attached hydrogen (secondary N) is 1. The molecule has 1 N–H and O–H groups in total. The fourth-order valence-corrected chi connectivity index (χ4v) is 4.50. The second-order valence-corrected chi connectivity index (χ2v) is 8.80. The van der Waals surface area contributed by atoms with E-state index in [0.29, 0.717) is 15.7 Å². The Morgan fingerprint density at radius 3 is 2.70 bits per heavy atom. The lowest BCUT2D eigenvalue weighted by Gasteiger charge is -2.06. The number of carbonyl (C=O) groups is 2. The number of carbonyl (C=O) groups excluding carboxylic acids is 2. The van der Waals surface area contributed by atoms with Gasteiger partial charge in [0.2, 0.25) is 5.91 Å². The molecule has 0 fully saturated rings. The van der Waals surface area contributed by atoms with Gasteiger partial charge in [0, 0.05) is 18.3 Å². The number of amides is 1. The molecule has 0 unspecified atom stereocenters. The Morgan fingerprint density at radius 1 is 1.20 bits per heavy atom. The van der Waals surface area contributed by atoms with Gasteiger partial charge in [0.25, 0.3) is 0 Å². The van der Waals surface area contributed by atoms with Crippen molar-refractivity contribution in [2.24, 2.45) is 7.05 Å². The van der Waals surface area contributed by atoms with E-state index in [-0.39, 0.29) is 18.3 Å². The van der Waals surface area contributed by atoms with Crippen molar-refractivity contribution in [3.63, 3.8) is 0 Å². The van der Waals surface area contributed by atoms with Crippen molar-refractivity contribution < 1.29 is 14.3 Å². The van der Waals surface area contributed by atoms with Gasteiger partial charge in [-0.3, -0.25) is 4.79 Å². The van der Waals surface area contributed by atoms with E-state index in [0.717, 1.165) is 23.5 Å². The van der Waals surface area contributed by atoms with Crippen LogP contribution >= 0.6 is 23.1 Å². The third-order valence-corrected chi connectivity index (χ3v) is 6.33. The Labute approximate surface area is 183 Å². The highest BCUT2D eigenvalue weighted by Gasteiger charge is 2.18. The number of esters is 1. The van der Waals surface area contributed by atoms with Crippen LogP contribution in [-0.4, -0.2) is 39.0 Å². The van der Waals surface area contributed by atoms with Crippen molar-refractivity contribution in [2.45, 2.75) is 31.8 Å². The minimum absolute atomic E-state index is 0.171. The fourth-order valence-electron chi connectivity index (χ4n) is 2.85. The van der Waals surface area contributed by atoms with Gasteiger partial charge < -0.3 is 14.6 Å². The fraction of sp³-hybridized carbons (Fsp3) is 0.333. The number of hydrogen-bond donors (Lipinski definition) is 1. The predicted molar refractivity (Wildman–Crippen MR) is 119 cm³/mol. The molecule has 158 valence electrons. The largest absolute Gasteiger partial charge is 0.462 e. The van der Waals surface area contributed by atoms with Gasteiger partial charge in [0.05, 0.1) is 17.9 Å². The quantitative estimate of drug-likeness (QED) is 0.398. The number of thiophene rings is 1. The van der Waals surface area contributed by atoms with Crippen LogP contribution in [0.3, 0.4) is 0 Å². The molecule has 2 aromatic heterocycles. The zero-order valence-corrected chi connectivity index (χ0v) is 18.8. The Morgan fingerprint density at radius 2 is 1.97 bits per heavy atom. The van der Waals surface area contributed by atoms with Crippen LogP contribution in [0.15, 0.2) is 41.6 Å². The Kier molecular flexibility index (Phi) is 7.64. The first-order chi connectivity index (χ1) is 14.5. The number of hydrogen-bond acceptors (Lipinski definition) is 7. The Bertz CT molecular complexity index is 1010. The summed E-state index contributed by atoms with van der Waals surface area (Å²) in [6.45, 7) is 3.92. The van der Waals surface area contributed by atoms with Crippen molar-refractivity contribution in [1.82, 2.24) is 14.8 Å². The summed E-state index contributed by atoms with van der Waals surface area (Å²) >= 11 is 2.67. The van der Waals surface area contributed by atoms with Crippen LogP contribution in [0.4, 0.5) is 5.00 Å². The van der Waals surface area contributed by atoms with Gasteiger partial charge in [0.15, 0.2) is 5.16 Å². The second kappa shape index (κ2) is 10.4. The standard InChI is InChI=1S/C21H24N4O3S2/c1-4-28-20(27)16-12-14(2)30-19(16)22-18(26)13-29-21-24-23-17(25(21)3)11-10-15-8-6-5-7-9-15/h5-9,12H,4,10-11,13H2,1-3H3,(H,22,26). The van der Waals surface area contributed by atoms with Gasteiger partial charge in [-0.2, -0.15) is 0 Å². The third-order valence-electron chi connectivity index (χ3n) is 4.34.